The number of benzene rings is 2. The lowest BCUT2D eigenvalue weighted by molar-refractivity contribution is 0.0953. The van der Waals surface area contributed by atoms with Gasteiger partial charge in [-0.05, 0) is 61.4 Å². The minimum Gasteiger partial charge on any atom is -0.376 e. The van der Waals surface area contributed by atoms with E-state index in [0.29, 0.717) is 40.6 Å². The van der Waals surface area contributed by atoms with E-state index in [1.807, 2.05) is 4.57 Å². The van der Waals surface area contributed by atoms with Gasteiger partial charge in [0.1, 0.15) is 11.6 Å². The van der Waals surface area contributed by atoms with Gasteiger partial charge in [-0.25, -0.2) is 8.78 Å². The van der Waals surface area contributed by atoms with E-state index in [4.69, 9.17) is 9.26 Å². The van der Waals surface area contributed by atoms with Gasteiger partial charge >= 0.3 is 0 Å². The van der Waals surface area contributed by atoms with Crippen molar-refractivity contribution in [3.05, 3.63) is 66.0 Å². The van der Waals surface area contributed by atoms with E-state index < -0.39 is 0 Å². The van der Waals surface area contributed by atoms with Crippen molar-refractivity contribution in [3.8, 4) is 22.8 Å². The molecule has 2 aromatic carbocycles. The Morgan fingerprint density at radius 1 is 0.969 bits per heavy atom. The van der Waals surface area contributed by atoms with Gasteiger partial charge in [0.05, 0.1) is 18.4 Å². The highest BCUT2D eigenvalue weighted by atomic mass is 32.2. The SMILES string of the molecule is Fc1ccc(-c2nc(CSc3nnc(-c4ccc(F)cc4)n3CC3CCCO3)no2)cc1. The summed E-state index contributed by atoms with van der Waals surface area (Å²) < 4.78 is 39.6. The van der Waals surface area contributed by atoms with E-state index in [9.17, 15) is 8.78 Å². The lowest BCUT2D eigenvalue weighted by Gasteiger charge is -2.14. The molecule has 1 saturated heterocycles. The van der Waals surface area contributed by atoms with Gasteiger partial charge < -0.3 is 9.26 Å². The number of ether oxygens (including phenoxy) is 1. The van der Waals surface area contributed by atoms with Gasteiger partial charge in [-0.2, -0.15) is 4.98 Å². The summed E-state index contributed by atoms with van der Waals surface area (Å²) in [5.41, 5.74) is 1.43. The van der Waals surface area contributed by atoms with Gasteiger partial charge in [-0.15, -0.1) is 10.2 Å². The van der Waals surface area contributed by atoms with Crippen molar-refractivity contribution >= 4 is 11.8 Å². The standard InChI is InChI=1S/C22H19F2N5O2S/c23-16-7-3-14(4-8-16)20-26-27-22(29(20)12-18-2-1-11-30-18)32-13-19-25-21(31-28-19)15-5-9-17(24)10-6-15/h3-10,18H,1-2,11-13H2. The Hall–Kier alpha value is -3.11. The molecule has 3 heterocycles. The van der Waals surface area contributed by atoms with Crippen molar-refractivity contribution in [2.75, 3.05) is 6.61 Å². The van der Waals surface area contributed by atoms with Crippen LogP contribution in [0.4, 0.5) is 8.78 Å². The van der Waals surface area contributed by atoms with Gasteiger partial charge in [0.15, 0.2) is 16.8 Å². The molecular weight excluding hydrogens is 436 g/mol. The average Bonchev–Trinajstić information content (AvgIpc) is 3.56. The Balaban J connectivity index is 1.36. The molecule has 0 amide bonds. The molecule has 0 saturated carbocycles. The van der Waals surface area contributed by atoms with Crippen LogP contribution in [0, 0.1) is 11.6 Å². The summed E-state index contributed by atoms with van der Waals surface area (Å²) >= 11 is 1.43. The zero-order chi connectivity index (χ0) is 21.9. The fourth-order valence-electron chi connectivity index (χ4n) is 3.52. The summed E-state index contributed by atoms with van der Waals surface area (Å²) in [5, 5.41) is 13.4. The zero-order valence-corrected chi connectivity index (χ0v) is 17.8. The van der Waals surface area contributed by atoms with Crippen LogP contribution in [-0.4, -0.2) is 37.6 Å². The van der Waals surface area contributed by atoms with Crippen molar-refractivity contribution in [2.45, 2.75) is 36.4 Å². The molecule has 10 heteroatoms. The van der Waals surface area contributed by atoms with Crippen LogP contribution >= 0.6 is 11.8 Å². The van der Waals surface area contributed by atoms with Crippen LogP contribution in [0.3, 0.4) is 0 Å². The maximum atomic E-state index is 13.4. The van der Waals surface area contributed by atoms with Crippen LogP contribution in [-0.2, 0) is 17.0 Å². The first-order chi connectivity index (χ1) is 15.7. The quantitative estimate of drug-likeness (QED) is 0.372. The average molecular weight is 455 g/mol. The molecule has 32 heavy (non-hydrogen) atoms. The lowest BCUT2D eigenvalue weighted by Crippen LogP contribution is -2.16. The molecule has 5 rings (SSSR count). The molecule has 0 spiro atoms. The number of hydrogen-bond acceptors (Lipinski definition) is 7. The molecule has 0 radical (unpaired) electrons. The number of aromatic nitrogens is 5. The van der Waals surface area contributed by atoms with E-state index in [2.05, 4.69) is 20.3 Å². The molecule has 1 aliphatic rings. The molecule has 1 unspecified atom stereocenters. The van der Waals surface area contributed by atoms with Crippen LogP contribution in [0.25, 0.3) is 22.8 Å². The van der Waals surface area contributed by atoms with E-state index in [1.165, 1.54) is 36.0 Å². The Kier molecular flexibility index (Phi) is 5.95. The van der Waals surface area contributed by atoms with Crippen LogP contribution in [0.1, 0.15) is 18.7 Å². The normalized spacial score (nSPS) is 16.0. The lowest BCUT2D eigenvalue weighted by atomic mass is 10.2. The molecule has 1 atom stereocenters. The van der Waals surface area contributed by atoms with Gasteiger partial charge in [-0.3, -0.25) is 4.57 Å². The predicted octanol–water partition coefficient (Wildman–Crippen LogP) is 4.74. The molecular formula is C22H19F2N5O2S. The Morgan fingerprint density at radius 2 is 1.69 bits per heavy atom. The second kappa shape index (κ2) is 9.17. The second-order valence-corrected chi connectivity index (χ2v) is 8.31. The Labute approximate surface area is 186 Å². The molecule has 1 aliphatic heterocycles. The Bertz CT molecular complexity index is 1190. The molecule has 4 aromatic rings. The summed E-state index contributed by atoms with van der Waals surface area (Å²) in [4.78, 5) is 4.39. The molecule has 0 bridgehead atoms. The number of rotatable bonds is 7. The summed E-state index contributed by atoms with van der Waals surface area (Å²) in [6.45, 7) is 1.35. The smallest absolute Gasteiger partial charge is 0.257 e. The van der Waals surface area contributed by atoms with Crippen molar-refractivity contribution in [2.24, 2.45) is 0 Å². The largest absolute Gasteiger partial charge is 0.376 e. The van der Waals surface area contributed by atoms with Crippen molar-refractivity contribution < 1.29 is 18.0 Å². The first kappa shape index (κ1) is 20.8. The number of thioether (sulfide) groups is 1. The minimum absolute atomic E-state index is 0.0832. The van der Waals surface area contributed by atoms with Crippen molar-refractivity contribution in [3.63, 3.8) is 0 Å². The number of halogens is 2. The predicted molar refractivity (Wildman–Crippen MR) is 114 cm³/mol. The first-order valence-electron chi connectivity index (χ1n) is 10.2. The summed E-state index contributed by atoms with van der Waals surface area (Å²) in [6.07, 6.45) is 2.08. The van der Waals surface area contributed by atoms with Crippen molar-refractivity contribution in [1.82, 2.24) is 24.9 Å². The van der Waals surface area contributed by atoms with Crippen LogP contribution in [0.15, 0.2) is 58.2 Å². The molecule has 1 fully saturated rings. The van der Waals surface area contributed by atoms with E-state index in [0.717, 1.165) is 25.0 Å². The van der Waals surface area contributed by atoms with E-state index in [-0.39, 0.29) is 17.7 Å². The summed E-state index contributed by atoms with van der Waals surface area (Å²) in [6, 6.07) is 12.1. The molecule has 2 aromatic heterocycles. The zero-order valence-electron chi connectivity index (χ0n) is 16.9. The van der Waals surface area contributed by atoms with E-state index in [1.54, 1.807) is 24.3 Å². The minimum atomic E-state index is -0.327. The summed E-state index contributed by atoms with van der Waals surface area (Å²) in [5.74, 6) is 1.26. The van der Waals surface area contributed by atoms with Gasteiger partial charge in [0.25, 0.3) is 5.89 Å². The van der Waals surface area contributed by atoms with Crippen LogP contribution in [0.2, 0.25) is 0 Å². The first-order valence-corrected chi connectivity index (χ1v) is 11.2. The van der Waals surface area contributed by atoms with Gasteiger partial charge in [0, 0.05) is 17.7 Å². The molecule has 0 N–H and O–H groups in total. The third-order valence-electron chi connectivity index (χ3n) is 5.12. The maximum Gasteiger partial charge on any atom is 0.257 e. The third kappa shape index (κ3) is 4.56. The highest BCUT2D eigenvalue weighted by Crippen LogP contribution is 2.28. The molecule has 7 nitrogen and oxygen atoms in total. The van der Waals surface area contributed by atoms with Gasteiger partial charge in [0.2, 0.25) is 0 Å². The fourth-order valence-corrected chi connectivity index (χ4v) is 4.31. The molecule has 164 valence electrons. The van der Waals surface area contributed by atoms with Crippen molar-refractivity contribution in [1.29, 1.82) is 0 Å². The van der Waals surface area contributed by atoms with Gasteiger partial charge in [-0.1, -0.05) is 16.9 Å². The topological polar surface area (TPSA) is 78.9 Å². The Morgan fingerprint density at radius 3 is 2.38 bits per heavy atom. The number of hydrogen-bond donors (Lipinski definition) is 0. The second-order valence-electron chi connectivity index (χ2n) is 7.37. The number of nitrogens with zero attached hydrogens (tertiary/aromatic N) is 5. The van der Waals surface area contributed by atoms with Crippen LogP contribution < -0.4 is 0 Å². The third-order valence-corrected chi connectivity index (χ3v) is 6.08. The highest BCUT2D eigenvalue weighted by Gasteiger charge is 2.22. The molecule has 0 aliphatic carbocycles. The summed E-state index contributed by atoms with van der Waals surface area (Å²) in [7, 11) is 0. The monoisotopic (exact) mass is 455 g/mol. The van der Waals surface area contributed by atoms with E-state index >= 15 is 0 Å². The maximum absolute atomic E-state index is 13.4. The highest BCUT2D eigenvalue weighted by molar-refractivity contribution is 7.98. The van der Waals surface area contributed by atoms with Crippen LogP contribution in [0.5, 0.6) is 0 Å². The fraction of sp³-hybridized carbons (Fsp3) is 0.273.